The van der Waals surface area contributed by atoms with Gasteiger partial charge in [0, 0.05) is 30.1 Å². The van der Waals surface area contributed by atoms with Gasteiger partial charge in [-0.25, -0.2) is 14.8 Å². The monoisotopic (exact) mass is 499 g/mol. The van der Waals surface area contributed by atoms with Crippen LogP contribution >= 0.6 is 22.7 Å². The van der Waals surface area contributed by atoms with E-state index in [1.54, 1.807) is 6.20 Å². The van der Waals surface area contributed by atoms with Gasteiger partial charge in [-0.2, -0.15) is 0 Å². The summed E-state index contributed by atoms with van der Waals surface area (Å²) in [6, 6.07) is 9.79. The number of benzene rings is 1. The van der Waals surface area contributed by atoms with Crippen molar-refractivity contribution in [3.05, 3.63) is 47.5 Å². The maximum absolute atomic E-state index is 12.8. The molecule has 10 heteroatoms. The predicted molar refractivity (Wildman–Crippen MR) is 138 cm³/mol. The Labute approximate surface area is 203 Å². The van der Waals surface area contributed by atoms with Gasteiger partial charge in [0.15, 0.2) is 0 Å². The molecule has 0 aliphatic carbocycles. The Hall–Kier alpha value is -2.66. The Morgan fingerprint density at radius 2 is 2.00 bits per heavy atom. The molecule has 7 nitrogen and oxygen atoms in total. The molecular weight excluding hydrogens is 474 g/mol. The molecule has 4 aromatic rings. The summed E-state index contributed by atoms with van der Waals surface area (Å²) in [5.41, 5.74) is 10.7. The Bertz CT molecular complexity index is 1240. The topological polar surface area (TPSA) is 116 Å². The van der Waals surface area contributed by atoms with E-state index in [0.717, 1.165) is 44.0 Å². The van der Waals surface area contributed by atoms with Crippen LogP contribution in [0.2, 0.25) is 0 Å². The quantitative estimate of drug-likeness (QED) is 0.295. The van der Waals surface area contributed by atoms with Crippen LogP contribution in [-0.4, -0.2) is 32.8 Å². The molecule has 4 N–H and O–H groups in total. The Morgan fingerprint density at radius 1 is 1.21 bits per heavy atom. The van der Waals surface area contributed by atoms with Crippen molar-refractivity contribution < 1.29 is 9.35 Å². The number of nitrogens with zero attached hydrogens (tertiary/aromatic N) is 2. The molecule has 0 radical (unpaired) electrons. The number of pyridine rings is 1. The van der Waals surface area contributed by atoms with Gasteiger partial charge >= 0.3 is 6.03 Å². The van der Waals surface area contributed by atoms with Gasteiger partial charge in [0.25, 0.3) is 0 Å². The van der Waals surface area contributed by atoms with Crippen molar-refractivity contribution >= 4 is 55.8 Å². The fraction of sp³-hybridized carbons (Fsp3) is 0.261. The summed E-state index contributed by atoms with van der Waals surface area (Å²) in [6.07, 6.45) is 2.57. The lowest BCUT2D eigenvalue weighted by atomic mass is 10.0. The van der Waals surface area contributed by atoms with Gasteiger partial charge in [0.1, 0.15) is 27.0 Å². The summed E-state index contributed by atoms with van der Waals surface area (Å²) in [6.45, 7) is 4.90. The van der Waals surface area contributed by atoms with Gasteiger partial charge in [-0.15, -0.1) is 11.3 Å². The van der Waals surface area contributed by atoms with Crippen molar-refractivity contribution in [2.24, 2.45) is 0 Å². The number of hydrogen-bond acceptors (Lipinski definition) is 7. The Morgan fingerprint density at radius 3 is 2.67 bits per heavy atom. The number of carbonyl (C=O) groups excluding carboxylic acids is 1. The lowest BCUT2D eigenvalue weighted by molar-refractivity contribution is 0.241. The zero-order valence-corrected chi connectivity index (χ0v) is 20.8. The number of thiophene rings is 1. The van der Waals surface area contributed by atoms with E-state index in [2.05, 4.69) is 15.6 Å². The van der Waals surface area contributed by atoms with Crippen molar-refractivity contribution in [3.63, 3.8) is 0 Å². The highest BCUT2D eigenvalue weighted by Gasteiger charge is 2.24. The van der Waals surface area contributed by atoms with Gasteiger partial charge < -0.3 is 20.9 Å². The van der Waals surface area contributed by atoms with E-state index in [-0.39, 0.29) is 6.03 Å². The molecule has 0 spiro atoms. The molecule has 33 heavy (non-hydrogen) atoms. The van der Waals surface area contributed by atoms with Crippen LogP contribution in [0, 0.1) is 0 Å². The van der Waals surface area contributed by atoms with Crippen LogP contribution in [0.3, 0.4) is 0 Å². The van der Waals surface area contributed by atoms with Crippen LogP contribution in [0.4, 0.5) is 10.5 Å². The number of fused-ring (bicyclic) bond motifs is 1. The zero-order chi connectivity index (χ0) is 23.4. The van der Waals surface area contributed by atoms with E-state index in [1.165, 1.54) is 22.7 Å². The molecule has 1 unspecified atom stereocenters. The van der Waals surface area contributed by atoms with Crippen LogP contribution in [0.1, 0.15) is 25.8 Å². The second-order valence-corrected chi connectivity index (χ2v) is 11.0. The standard InChI is InChI=1S/C23H25N5O2S3/c1-3-11-33(30)22-19(24)18-16(12-17(28-21(18)32-22)20-26-9-10-31-20)15-7-5-14(6-8-15)13-27-23(29)25-4-2/h5-10,12H,3-4,11,13,24H2,1-2H3,(H2,25,27,29). The maximum Gasteiger partial charge on any atom is 0.315 e. The summed E-state index contributed by atoms with van der Waals surface area (Å²) >= 11 is 1.77. The fourth-order valence-corrected chi connectivity index (χ4v) is 6.66. The van der Waals surface area contributed by atoms with Gasteiger partial charge in [0.2, 0.25) is 4.21 Å². The van der Waals surface area contributed by atoms with E-state index in [1.807, 2.05) is 49.6 Å². The largest absolute Gasteiger partial charge is 0.611 e. The Balaban J connectivity index is 1.75. The second kappa shape index (κ2) is 10.5. The molecule has 0 fully saturated rings. The molecule has 1 aromatic carbocycles. The van der Waals surface area contributed by atoms with Crippen LogP contribution in [-0.2, 0) is 17.7 Å². The molecule has 0 aliphatic rings. The molecule has 0 aliphatic heterocycles. The molecule has 3 aromatic heterocycles. The molecular formula is C23H25N5O2S3. The third kappa shape index (κ3) is 5.14. The molecule has 172 valence electrons. The summed E-state index contributed by atoms with van der Waals surface area (Å²) in [5, 5.41) is 9.12. The van der Waals surface area contributed by atoms with Gasteiger partial charge in [-0.05, 0) is 47.3 Å². The first kappa shape index (κ1) is 23.5. The van der Waals surface area contributed by atoms with Gasteiger partial charge in [0.05, 0.1) is 0 Å². The number of nitrogens with two attached hydrogens (primary N) is 1. The van der Waals surface area contributed by atoms with Crippen LogP contribution in [0.5, 0.6) is 0 Å². The molecule has 4 rings (SSSR count). The molecule has 3 heterocycles. The highest BCUT2D eigenvalue weighted by Crippen LogP contribution is 2.43. The molecule has 0 bridgehead atoms. The van der Waals surface area contributed by atoms with Crippen molar-refractivity contribution in [3.8, 4) is 21.8 Å². The lowest BCUT2D eigenvalue weighted by Gasteiger charge is -2.10. The highest BCUT2D eigenvalue weighted by molar-refractivity contribution is 7.93. The highest BCUT2D eigenvalue weighted by atomic mass is 32.2. The van der Waals surface area contributed by atoms with Crippen molar-refractivity contribution in [2.45, 2.75) is 31.0 Å². The average molecular weight is 500 g/mol. The second-order valence-electron chi connectivity index (χ2n) is 7.34. The first-order valence-electron chi connectivity index (χ1n) is 10.6. The van der Waals surface area contributed by atoms with Gasteiger partial charge in [-0.1, -0.05) is 42.5 Å². The fourth-order valence-electron chi connectivity index (χ4n) is 3.44. The molecule has 1 atom stereocenters. The summed E-state index contributed by atoms with van der Waals surface area (Å²) < 4.78 is 13.5. The normalized spacial score (nSPS) is 12.1. The average Bonchev–Trinajstić information content (AvgIpc) is 3.46. The third-order valence-corrected chi connectivity index (χ3v) is 8.88. The number of hydrogen-bond donors (Lipinski definition) is 3. The number of nitrogen functional groups attached to an aromatic ring is 1. The predicted octanol–water partition coefficient (Wildman–Crippen LogP) is 5.01. The van der Waals surface area contributed by atoms with E-state index in [4.69, 9.17) is 10.7 Å². The minimum absolute atomic E-state index is 0.191. The first-order valence-corrected chi connectivity index (χ1v) is 13.7. The number of rotatable bonds is 8. The van der Waals surface area contributed by atoms with E-state index < -0.39 is 11.2 Å². The summed E-state index contributed by atoms with van der Waals surface area (Å²) in [4.78, 5) is 21.7. The van der Waals surface area contributed by atoms with E-state index in [9.17, 15) is 9.35 Å². The number of nitrogens with one attached hydrogen (secondary N) is 2. The van der Waals surface area contributed by atoms with Crippen molar-refractivity contribution in [2.75, 3.05) is 18.0 Å². The molecule has 0 saturated heterocycles. The van der Waals surface area contributed by atoms with E-state index >= 15 is 0 Å². The van der Waals surface area contributed by atoms with Crippen LogP contribution < -0.4 is 16.4 Å². The first-order chi connectivity index (χ1) is 16.0. The third-order valence-electron chi connectivity index (χ3n) is 4.97. The number of thiazole rings is 1. The molecule has 2 amide bonds. The van der Waals surface area contributed by atoms with Crippen molar-refractivity contribution in [1.29, 1.82) is 0 Å². The maximum atomic E-state index is 12.8. The van der Waals surface area contributed by atoms with Crippen molar-refractivity contribution in [1.82, 2.24) is 20.6 Å². The van der Waals surface area contributed by atoms with E-state index in [0.29, 0.717) is 28.7 Å². The summed E-state index contributed by atoms with van der Waals surface area (Å²) in [5.74, 6) is 0.568. The minimum atomic E-state index is -1.15. The number of anilines is 1. The zero-order valence-electron chi connectivity index (χ0n) is 18.4. The number of aromatic nitrogens is 2. The number of urea groups is 1. The van der Waals surface area contributed by atoms with Crippen LogP contribution in [0.25, 0.3) is 32.0 Å². The lowest BCUT2D eigenvalue weighted by Crippen LogP contribution is -2.34. The SMILES string of the molecule is CCC[S+]([O-])c1sc2nc(-c3nccs3)cc(-c3ccc(CNC(=O)NCC)cc3)c2c1N. The number of amides is 2. The summed E-state index contributed by atoms with van der Waals surface area (Å²) in [7, 11) is 0. The minimum Gasteiger partial charge on any atom is -0.611 e. The Kier molecular flexibility index (Phi) is 7.49. The van der Waals surface area contributed by atoms with Crippen LogP contribution in [0.15, 0.2) is 46.1 Å². The number of carbonyl (C=O) groups is 1. The smallest absolute Gasteiger partial charge is 0.315 e. The van der Waals surface area contributed by atoms with Gasteiger partial charge in [-0.3, -0.25) is 0 Å². The molecule has 0 saturated carbocycles.